The molecule has 1 N–H and O–H groups in total. The predicted octanol–water partition coefficient (Wildman–Crippen LogP) is 4.85. The first-order chi connectivity index (χ1) is 15.0. The van der Waals surface area contributed by atoms with Crippen LogP contribution in [0.15, 0.2) is 66.7 Å². The summed E-state index contributed by atoms with van der Waals surface area (Å²) < 4.78 is 40.8. The quantitative estimate of drug-likeness (QED) is 0.559. The Morgan fingerprint density at radius 2 is 1.84 bits per heavy atom. The molecule has 8 heteroatoms. The normalized spacial score (nSPS) is 10.3. The second kappa shape index (κ2) is 10.1. The van der Waals surface area contributed by atoms with E-state index in [9.17, 15) is 13.6 Å². The fourth-order valence-corrected chi connectivity index (χ4v) is 2.80. The number of benzene rings is 3. The van der Waals surface area contributed by atoms with E-state index in [1.807, 2.05) is 6.07 Å². The van der Waals surface area contributed by atoms with Gasteiger partial charge in [-0.05, 0) is 54.1 Å². The maximum absolute atomic E-state index is 12.8. The van der Waals surface area contributed by atoms with Crippen molar-refractivity contribution in [2.75, 3.05) is 19.0 Å². The number of methoxy groups -OCH3 is 1. The van der Waals surface area contributed by atoms with Crippen LogP contribution in [0.1, 0.15) is 5.56 Å². The van der Waals surface area contributed by atoms with Crippen molar-refractivity contribution < 1.29 is 27.8 Å². The molecule has 0 saturated heterocycles. The highest BCUT2D eigenvalue weighted by Gasteiger charge is 2.14. The molecule has 158 valence electrons. The van der Waals surface area contributed by atoms with Gasteiger partial charge in [0, 0.05) is 11.3 Å². The first-order valence-electron chi connectivity index (χ1n) is 9.14. The highest BCUT2D eigenvalue weighted by Crippen LogP contribution is 2.34. The lowest BCUT2D eigenvalue weighted by molar-refractivity contribution is -0.118. The minimum Gasteiger partial charge on any atom is -0.497 e. The molecule has 0 aliphatic rings. The molecule has 6 nitrogen and oxygen atoms in total. The number of hydrogen-bond donors (Lipinski definition) is 1. The summed E-state index contributed by atoms with van der Waals surface area (Å²) in [6, 6.07) is 19.5. The number of hydrogen-bond acceptors (Lipinski definition) is 5. The zero-order valence-electron chi connectivity index (χ0n) is 16.5. The summed E-state index contributed by atoms with van der Waals surface area (Å²) in [5, 5.41) is 11.6. The van der Waals surface area contributed by atoms with Gasteiger partial charge in [0.2, 0.25) is 0 Å². The monoisotopic (exact) mass is 424 g/mol. The van der Waals surface area contributed by atoms with Gasteiger partial charge in [-0.25, -0.2) is 0 Å². The fraction of sp³-hybridized carbons (Fsp3) is 0.130. The number of alkyl halides is 2. The third-order valence-electron chi connectivity index (χ3n) is 4.21. The van der Waals surface area contributed by atoms with E-state index >= 15 is 0 Å². The Hall–Kier alpha value is -4.12. The number of carbonyl (C=O) groups is 1. The zero-order chi connectivity index (χ0) is 22.2. The topological polar surface area (TPSA) is 80.6 Å². The molecule has 0 fully saturated rings. The number of ether oxygens (including phenoxy) is 3. The summed E-state index contributed by atoms with van der Waals surface area (Å²) in [5.74, 6) is 0.518. The minimum absolute atomic E-state index is 0.0252. The summed E-state index contributed by atoms with van der Waals surface area (Å²) in [6.07, 6.45) is 0. The van der Waals surface area contributed by atoms with Gasteiger partial charge >= 0.3 is 6.61 Å². The van der Waals surface area contributed by atoms with Gasteiger partial charge in [-0.1, -0.05) is 18.2 Å². The lowest BCUT2D eigenvalue weighted by Crippen LogP contribution is -2.20. The van der Waals surface area contributed by atoms with E-state index in [1.165, 1.54) is 31.4 Å². The molecule has 0 aromatic heterocycles. The summed E-state index contributed by atoms with van der Waals surface area (Å²) >= 11 is 0. The molecule has 0 radical (unpaired) electrons. The number of carbonyl (C=O) groups excluding carboxylic acids is 1. The molecule has 0 atom stereocenters. The summed E-state index contributed by atoms with van der Waals surface area (Å²) in [6.45, 7) is -3.28. The molecule has 0 saturated carbocycles. The standard InChI is InChI=1S/C23H18F2N2O4/c1-29-18-8-5-16(6-9-18)20-12-17(7-10-21(20)31-23(24)25)27-22(28)14-30-19-4-2-3-15(11-19)13-26/h2-12,23H,14H2,1H3,(H,27,28). The maximum Gasteiger partial charge on any atom is 0.387 e. The van der Waals surface area contributed by atoms with E-state index in [0.29, 0.717) is 33.9 Å². The smallest absolute Gasteiger partial charge is 0.387 e. The average molecular weight is 424 g/mol. The van der Waals surface area contributed by atoms with E-state index < -0.39 is 12.5 Å². The number of halogens is 2. The molecule has 1 amide bonds. The van der Waals surface area contributed by atoms with Crippen LogP contribution in [0.3, 0.4) is 0 Å². The van der Waals surface area contributed by atoms with Crippen LogP contribution >= 0.6 is 0 Å². The highest BCUT2D eigenvalue weighted by molar-refractivity contribution is 5.93. The van der Waals surface area contributed by atoms with Crippen molar-refractivity contribution >= 4 is 11.6 Å². The summed E-state index contributed by atoms with van der Waals surface area (Å²) in [5.41, 5.74) is 1.78. The fourth-order valence-electron chi connectivity index (χ4n) is 2.80. The Morgan fingerprint density at radius 1 is 1.06 bits per heavy atom. The molecule has 31 heavy (non-hydrogen) atoms. The van der Waals surface area contributed by atoms with Gasteiger partial charge in [-0.15, -0.1) is 0 Å². The van der Waals surface area contributed by atoms with Crippen molar-refractivity contribution in [3.8, 4) is 34.4 Å². The van der Waals surface area contributed by atoms with Gasteiger partial charge in [-0.2, -0.15) is 14.0 Å². The first kappa shape index (κ1) is 21.6. The number of amides is 1. The van der Waals surface area contributed by atoms with Gasteiger partial charge in [-0.3, -0.25) is 4.79 Å². The van der Waals surface area contributed by atoms with Crippen LogP contribution in [0, 0.1) is 11.3 Å². The van der Waals surface area contributed by atoms with Crippen molar-refractivity contribution in [2.45, 2.75) is 6.61 Å². The van der Waals surface area contributed by atoms with Crippen molar-refractivity contribution in [3.05, 3.63) is 72.3 Å². The van der Waals surface area contributed by atoms with Gasteiger partial charge < -0.3 is 19.5 Å². The van der Waals surface area contributed by atoms with Crippen LogP contribution in [0.4, 0.5) is 14.5 Å². The Balaban J connectivity index is 1.76. The molecule has 0 heterocycles. The van der Waals surface area contributed by atoms with Crippen LogP contribution in [0.2, 0.25) is 0 Å². The van der Waals surface area contributed by atoms with Gasteiger partial charge in [0.15, 0.2) is 6.61 Å². The Kier molecular flexibility index (Phi) is 7.01. The van der Waals surface area contributed by atoms with Crippen LogP contribution < -0.4 is 19.5 Å². The second-order valence-electron chi connectivity index (χ2n) is 6.29. The molecular weight excluding hydrogens is 406 g/mol. The van der Waals surface area contributed by atoms with Gasteiger partial charge in [0.1, 0.15) is 17.2 Å². The van der Waals surface area contributed by atoms with Crippen molar-refractivity contribution in [2.24, 2.45) is 0 Å². The van der Waals surface area contributed by atoms with Crippen molar-refractivity contribution in [1.29, 1.82) is 5.26 Å². The third-order valence-corrected chi connectivity index (χ3v) is 4.21. The lowest BCUT2D eigenvalue weighted by atomic mass is 10.0. The van der Waals surface area contributed by atoms with E-state index in [2.05, 4.69) is 10.1 Å². The average Bonchev–Trinajstić information content (AvgIpc) is 2.78. The molecule has 3 aromatic rings. The SMILES string of the molecule is COc1ccc(-c2cc(NC(=O)COc3cccc(C#N)c3)ccc2OC(F)F)cc1. The van der Waals surface area contributed by atoms with E-state index in [4.69, 9.17) is 14.7 Å². The molecule has 0 aliphatic heterocycles. The molecule has 3 aromatic carbocycles. The van der Waals surface area contributed by atoms with E-state index in [-0.39, 0.29) is 12.4 Å². The first-order valence-corrected chi connectivity index (χ1v) is 9.14. The second-order valence-corrected chi connectivity index (χ2v) is 6.29. The van der Waals surface area contributed by atoms with Gasteiger partial charge in [0.05, 0.1) is 18.7 Å². The number of rotatable bonds is 8. The third kappa shape index (κ3) is 5.93. The predicted molar refractivity (Wildman–Crippen MR) is 110 cm³/mol. The summed E-state index contributed by atoms with van der Waals surface area (Å²) in [7, 11) is 1.52. The number of nitriles is 1. The number of anilines is 1. The number of nitrogens with zero attached hydrogens (tertiary/aromatic N) is 1. The summed E-state index contributed by atoms with van der Waals surface area (Å²) in [4.78, 5) is 12.3. The molecule has 0 bridgehead atoms. The Morgan fingerprint density at radius 3 is 2.52 bits per heavy atom. The Bertz CT molecular complexity index is 1100. The van der Waals surface area contributed by atoms with Crippen LogP contribution in [0.25, 0.3) is 11.1 Å². The largest absolute Gasteiger partial charge is 0.497 e. The van der Waals surface area contributed by atoms with Crippen LogP contribution in [0.5, 0.6) is 17.2 Å². The van der Waals surface area contributed by atoms with E-state index in [1.54, 1.807) is 42.5 Å². The lowest BCUT2D eigenvalue weighted by Gasteiger charge is -2.14. The Labute approximate surface area is 177 Å². The molecule has 0 aliphatic carbocycles. The van der Waals surface area contributed by atoms with E-state index in [0.717, 1.165) is 0 Å². The number of nitrogens with one attached hydrogen (secondary N) is 1. The molecule has 0 unspecified atom stereocenters. The molecule has 3 rings (SSSR count). The molecular formula is C23H18F2N2O4. The zero-order valence-corrected chi connectivity index (χ0v) is 16.5. The van der Waals surface area contributed by atoms with Crippen LogP contribution in [-0.2, 0) is 4.79 Å². The van der Waals surface area contributed by atoms with Crippen molar-refractivity contribution in [3.63, 3.8) is 0 Å². The van der Waals surface area contributed by atoms with Crippen LogP contribution in [-0.4, -0.2) is 26.2 Å². The van der Waals surface area contributed by atoms with Crippen molar-refractivity contribution in [1.82, 2.24) is 0 Å². The van der Waals surface area contributed by atoms with Gasteiger partial charge in [0.25, 0.3) is 5.91 Å². The minimum atomic E-state index is -2.99. The maximum atomic E-state index is 12.8. The molecule has 0 spiro atoms. The highest BCUT2D eigenvalue weighted by atomic mass is 19.3.